The number of amides is 3. The Morgan fingerprint density at radius 3 is 2.39 bits per heavy atom. The summed E-state index contributed by atoms with van der Waals surface area (Å²) in [7, 11) is 0. The van der Waals surface area contributed by atoms with Crippen molar-refractivity contribution in [3.05, 3.63) is 134 Å². The lowest BCUT2D eigenvalue weighted by Crippen LogP contribution is -2.44. The number of benzene rings is 3. The smallest absolute Gasteiger partial charge is 0.438 e. The van der Waals surface area contributed by atoms with Crippen LogP contribution >= 0.6 is 0 Å². The van der Waals surface area contributed by atoms with Gasteiger partial charge in [0.25, 0.3) is 11.5 Å². The number of aromatic carboxylic acids is 1. The molecule has 2 atom stereocenters. The maximum absolute atomic E-state index is 15.0. The zero-order chi connectivity index (χ0) is 40.6. The zero-order valence-corrected chi connectivity index (χ0v) is 32.2. The first-order valence-electron chi connectivity index (χ1n) is 19.8. The number of rotatable bonds is 8. The number of nitrogens with one attached hydrogen (secondary N) is 1. The molecule has 0 bridgehead atoms. The van der Waals surface area contributed by atoms with Crippen LogP contribution in [0.3, 0.4) is 0 Å². The van der Waals surface area contributed by atoms with Crippen LogP contribution in [0.5, 0.6) is 0 Å². The van der Waals surface area contributed by atoms with Crippen molar-refractivity contribution in [2.75, 3.05) is 42.6 Å². The minimum Gasteiger partial charge on any atom is -0.478 e. The van der Waals surface area contributed by atoms with Gasteiger partial charge >= 0.3 is 17.8 Å². The number of nitrogens with zero attached hydrogens (tertiary/aromatic N) is 7. The number of hydrogen-bond donors (Lipinski definition) is 2. The summed E-state index contributed by atoms with van der Waals surface area (Å²) in [6.45, 7) is 4.03. The second kappa shape index (κ2) is 13.9. The molecule has 2 saturated heterocycles. The highest BCUT2D eigenvalue weighted by Crippen LogP contribution is 2.56. The molecule has 3 aromatic carbocycles. The number of para-hydroxylation sites is 2. The summed E-state index contributed by atoms with van der Waals surface area (Å²) in [4.78, 5) is 80.8. The van der Waals surface area contributed by atoms with Gasteiger partial charge in [-0.1, -0.05) is 48.5 Å². The number of anilines is 2. The molecule has 6 heterocycles. The molecule has 0 spiro atoms. The van der Waals surface area contributed by atoms with E-state index in [1.807, 2.05) is 54.0 Å². The first-order chi connectivity index (χ1) is 28.6. The van der Waals surface area contributed by atoms with Gasteiger partial charge in [-0.05, 0) is 85.5 Å². The molecule has 1 aliphatic carbocycles. The van der Waals surface area contributed by atoms with E-state index in [-0.39, 0.29) is 55.1 Å². The third kappa shape index (κ3) is 5.88. The molecule has 2 N–H and O–H groups in total. The second-order valence-corrected chi connectivity index (χ2v) is 15.7. The summed E-state index contributed by atoms with van der Waals surface area (Å²) < 4.78 is 13.8. The maximum Gasteiger partial charge on any atom is 0.438 e. The van der Waals surface area contributed by atoms with E-state index in [0.29, 0.717) is 60.6 Å². The van der Waals surface area contributed by atoms with E-state index in [1.165, 1.54) is 21.6 Å². The topological polar surface area (TPSA) is 189 Å². The Bertz CT molecular complexity index is 2800. The molecule has 0 radical (unpaired) electrons. The van der Waals surface area contributed by atoms with Gasteiger partial charge in [-0.15, -0.1) is 0 Å². The predicted molar refractivity (Wildman–Crippen MR) is 214 cm³/mol. The highest BCUT2D eigenvalue weighted by molar-refractivity contribution is 6.05. The average Bonchev–Trinajstić information content (AvgIpc) is 3.58. The van der Waals surface area contributed by atoms with Crippen molar-refractivity contribution in [1.29, 1.82) is 0 Å². The zero-order valence-electron chi connectivity index (χ0n) is 32.2. The largest absolute Gasteiger partial charge is 0.478 e. The van der Waals surface area contributed by atoms with E-state index < -0.39 is 28.9 Å². The van der Waals surface area contributed by atoms with E-state index in [4.69, 9.17) is 14.2 Å². The van der Waals surface area contributed by atoms with Crippen LogP contribution in [0.4, 0.5) is 16.4 Å². The molecule has 3 aliphatic heterocycles. The van der Waals surface area contributed by atoms with Crippen molar-refractivity contribution < 1.29 is 28.8 Å². The lowest BCUT2D eigenvalue weighted by molar-refractivity contribution is 0.0693. The van der Waals surface area contributed by atoms with Crippen LogP contribution in [-0.2, 0) is 23.2 Å². The van der Waals surface area contributed by atoms with Crippen molar-refractivity contribution in [1.82, 2.24) is 29.2 Å². The summed E-state index contributed by atoms with van der Waals surface area (Å²) in [5.41, 5.74) is 2.29. The van der Waals surface area contributed by atoms with Crippen molar-refractivity contribution in [2.24, 2.45) is 5.92 Å². The fraction of sp³-hybridized carbons (Fsp3) is 0.326. The van der Waals surface area contributed by atoms with Crippen LogP contribution in [0, 0.1) is 5.92 Å². The molecule has 6 aromatic rings. The molecule has 16 nitrogen and oxygen atoms in total. The van der Waals surface area contributed by atoms with Gasteiger partial charge in [0.1, 0.15) is 11.2 Å². The fourth-order valence-electron chi connectivity index (χ4n) is 9.31. The number of carbonyl (C=O) groups excluding carboxylic acids is 2. The summed E-state index contributed by atoms with van der Waals surface area (Å²) >= 11 is 0. The Morgan fingerprint density at radius 2 is 1.66 bits per heavy atom. The summed E-state index contributed by atoms with van der Waals surface area (Å²) in [6, 6.07) is 23.0. The van der Waals surface area contributed by atoms with E-state index in [9.17, 15) is 24.3 Å². The van der Waals surface area contributed by atoms with Crippen LogP contribution in [0.15, 0.2) is 93.0 Å². The number of fused-ring (bicyclic) bond motifs is 2. The third-order valence-corrected chi connectivity index (χ3v) is 12.5. The molecule has 1 saturated carbocycles. The quantitative estimate of drug-likeness (QED) is 0.215. The van der Waals surface area contributed by atoms with Crippen LogP contribution in [0.1, 0.15) is 75.6 Å². The number of hydrogen-bond acceptors (Lipinski definition) is 9. The van der Waals surface area contributed by atoms with Gasteiger partial charge in [0.2, 0.25) is 5.95 Å². The molecule has 4 aliphatic rings. The van der Waals surface area contributed by atoms with Crippen LogP contribution in [-0.4, -0.2) is 85.0 Å². The first-order valence-corrected chi connectivity index (χ1v) is 19.8. The van der Waals surface area contributed by atoms with Crippen molar-refractivity contribution in [2.45, 2.75) is 50.6 Å². The van der Waals surface area contributed by atoms with Crippen molar-refractivity contribution in [3.63, 3.8) is 0 Å². The number of carboxylic acids is 1. The van der Waals surface area contributed by atoms with E-state index in [2.05, 4.69) is 22.3 Å². The highest BCUT2D eigenvalue weighted by Gasteiger charge is 2.59. The van der Waals surface area contributed by atoms with Gasteiger partial charge in [-0.25, -0.2) is 23.9 Å². The standard InChI is InChI=1S/C43H40N8O8/c1-25-23-43(25,39-45-41(56)59-46-39)51-33-12-11-27(26-14-19-58-20-15-26)21-28(33)22-35(51)37(53)47-16-13-30-32(24-47)44-40(49-18-17-48(42(49)57)29-7-3-2-4-8-29)50(36(30)52)34-10-6-5-9-31(34)38(54)55/h2-12,21-22,25-26H,13-20,23-24H2,1H3,(H,54,55)(H,45,46,56)/t25-,43?/m0/s1. The monoisotopic (exact) mass is 796 g/mol. The predicted octanol–water partition coefficient (Wildman–Crippen LogP) is 4.88. The van der Waals surface area contributed by atoms with Crippen LogP contribution in [0.25, 0.3) is 16.6 Å². The Labute approximate surface area is 336 Å². The number of ether oxygens (including phenoxy) is 1. The molecule has 10 rings (SSSR count). The SMILES string of the molecule is C[C@H]1CC1(c1noc(=O)[nH]1)n1c(C(=O)N2CCc3c(nc(N4CCN(c5ccccc5)C4=O)n(-c4ccccc4C(=O)O)c3=O)C2)cc2cc(C3CCOCC3)ccc21. The molecule has 300 valence electrons. The minimum absolute atomic E-state index is 0.00692. The normalized spacial score (nSPS) is 20.7. The van der Waals surface area contributed by atoms with Gasteiger partial charge in [0.15, 0.2) is 5.82 Å². The average molecular weight is 797 g/mol. The second-order valence-electron chi connectivity index (χ2n) is 15.7. The van der Waals surface area contributed by atoms with Gasteiger partial charge in [-0.3, -0.25) is 28.9 Å². The number of urea groups is 1. The summed E-state index contributed by atoms with van der Waals surface area (Å²) in [5, 5.41) is 15.1. The van der Waals surface area contributed by atoms with Crippen LogP contribution < -0.4 is 21.1 Å². The summed E-state index contributed by atoms with van der Waals surface area (Å²) in [5.74, 6) is -1.59. The van der Waals surface area contributed by atoms with Gasteiger partial charge in [0, 0.05) is 55.0 Å². The first kappa shape index (κ1) is 36.5. The molecule has 3 amide bonds. The Balaban J connectivity index is 1.07. The Kier molecular flexibility index (Phi) is 8.63. The van der Waals surface area contributed by atoms with Gasteiger partial charge in [0.05, 0.1) is 23.5 Å². The number of H-pyrrole nitrogens is 1. The maximum atomic E-state index is 15.0. The molecule has 3 aromatic heterocycles. The fourth-order valence-corrected chi connectivity index (χ4v) is 9.31. The third-order valence-electron chi connectivity index (χ3n) is 12.5. The molecule has 1 unspecified atom stereocenters. The number of carbonyl (C=O) groups is 3. The van der Waals surface area contributed by atoms with E-state index in [1.54, 1.807) is 21.9 Å². The van der Waals surface area contributed by atoms with Gasteiger partial charge < -0.3 is 19.3 Å². The molecule has 3 fully saturated rings. The molecule has 59 heavy (non-hydrogen) atoms. The molecular formula is C43H40N8O8. The Hall–Kier alpha value is -6.81. The van der Waals surface area contributed by atoms with Crippen molar-refractivity contribution in [3.8, 4) is 5.69 Å². The number of aromatic nitrogens is 5. The lowest BCUT2D eigenvalue weighted by Gasteiger charge is -2.31. The minimum atomic E-state index is -1.24. The summed E-state index contributed by atoms with van der Waals surface area (Å²) in [6.07, 6.45) is 2.55. The lowest BCUT2D eigenvalue weighted by atomic mass is 9.91. The molecule has 16 heteroatoms. The number of aromatic amines is 1. The molecular weight excluding hydrogens is 757 g/mol. The van der Waals surface area contributed by atoms with Gasteiger partial charge in [-0.2, -0.15) is 0 Å². The number of carboxylic acid groups (broad SMARTS) is 1. The van der Waals surface area contributed by atoms with Crippen molar-refractivity contribution >= 4 is 40.4 Å². The highest BCUT2D eigenvalue weighted by atomic mass is 16.5. The Morgan fingerprint density at radius 1 is 0.915 bits per heavy atom. The van der Waals surface area contributed by atoms with E-state index >= 15 is 4.79 Å². The van der Waals surface area contributed by atoms with E-state index in [0.717, 1.165) is 29.3 Å². The van der Waals surface area contributed by atoms with Crippen LogP contribution in [0.2, 0.25) is 0 Å².